The quantitative estimate of drug-likeness (QED) is 0.757. The number of nitrogens with one attached hydrogen (secondary N) is 1. The van der Waals surface area contributed by atoms with E-state index in [1.807, 2.05) is 12.3 Å². The number of rotatable bonds is 6. The van der Waals surface area contributed by atoms with Gasteiger partial charge in [-0.2, -0.15) is 0 Å². The third-order valence-electron chi connectivity index (χ3n) is 3.41. The molecule has 1 unspecified atom stereocenters. The summed E-state index contributed by atoms with van der Waals surface area (Å²) in [5.41, 5.74) is 3.79. The van der Waals surface area contributed by atoms with Gasteiger partial charge in [0.15, 0.2) is 0 Å². The minimum atomic E-state index is 0.332. The molecule has 0 spiro atoms. The molecule has 0 bridgehead atoms. The summed E-state index contributed by atoms with van der Waals surface area (Å²) < 4.78 is 1.28. The van der Waals surface area contributed by atoms with Crippen molar-refractivity contribution in [2.75, 3.05) is 6.54 Å². The molecule has 1 atom stereocenters. The number of aromatic nitrogens is 1. The first kappa shape index (κ1) is 15.4. The van der Waals surface area contributed by atoms with Crippen LogP contribution < -0.4 is 5.32 Å². The van der Waals surface area contributed by atoms with Crippen molar-refractivity contribution in [3.8, 4) is 0 Å². The van der Waals surface area contributed by atoms with Crippen LogP contribution in [0.5, 0.6) is 0 Å². The molecule has 0 saturated carbocycles. The largest absolute Gasteiger partial charge is 0.310 e. The first-order chi connectivity index (χ1) is 9.70. The summed E-state index contributed by atoms with van der Waals surface area (Å²) in [6.45, 7) is 5.36. The van der Waals surface area contributed by atoms with Crippen molar-refractivity contribution in [1.82, 2.24) is 10.3 Å². The highest BCUT2D eigenvalue weighted by atomic mass is 127. The Balaban J connectivity index is 2.21. The second kappa shape index (κ2) is 7.74. The molecule has 20 heavy (non-hydrogen) atoms. The lowest BCUT2D eigenvalue weighted by atomic mass is 9.99. The maximum absolute atomic E-state index is 4.53. The molecule has 1 heterocycles. The van der Waals surface area contributed by atoms with Gasteiger partial charge in [0.1, 0.15) is 0 Å². The van der Waals surface area contributed by atoms with Crippen LogP contribution in [0.25, 0.3) is 0 Å². The van der Waals surface area contributed by atoms with Crippen molar-refractivity contribution in [3.63, 3.8) is 0 Å². The molecule has 1 N–H and O–H groups in total. The summed E-state index contributed by atoms with van der Waals surface area (Å²) >= 11 is 2.37. The second-order valence-corrected chi connectivity index (χ2v) is 6.28. The molecule has 106 valence electrons. The van der Waals surface area contributed by atoms with Crippen LogP contribution in [-0.4, -0.2) is 11.5 Å². The zero-order chi connectivity index (χ0) is 14.4. The van der Waals surface area contributed by atoms with Gasteiger partial charge >= 0.3 is 0 Å². The number of hydrogen-bond donors (Lipinski definition) is 1. The minimum absolute atomic E-state index is 0.332. The first-order valence-corrected chi connectivity index (χ1v) is 8.18. The van der Waals surface area contributed by atoms with Crippen LogP contribution in [0.15, 0.2) is 42.6 Å². The Hall–Kier alpha value is -0.940. The Morgan fingerprint density at radius 2 is 2.10 bits per heavy atom. The molecule has 0 aliphatic rings. The van der Waals surface area contributed by atoms with Crippen molar-refractivity contribution in [3.05, 3.63) is 63.0 Å². The molecule has 3 heteroatoms. The Kier molecular flexibility index (Phi) is 5.98. The molecule has 2 nitrogen and oxygen atoms in total. The highest BCUT2D eigenvalue weighted by Gasteiger charge is 2.13. The Morgan fingerprint density at radius 1 is 1.25 bits per heavy atom. The van der Waals surface area contributed by atoms with E-state index in [9.17, 15) is 0 Å². The predicted octanol–water partition coefficient (Wildman–Crippen LogP) is 4.28. The average molecular weight is 380 g/mol. The van der Waals surface area contributed by atoms with Crippen LogP contribution in [0.3, 0.4) is 0 Å². The van der Waals surface area contributed by atoms with E-state index >= 15 is 0 Å². The summed E-state index contributed by atoms with van der Waals surface area (Å²) in [5.74, 6) is 0. The summed E-state index contributed by atoms with van der Waals surface area (Å²) in [5, 5.41) is 3.65. The summed E-state index contributed by atoms with van der Waals surface area (Å²) in [4.78, 5) is 4.53. The van der Waals surface area contributed by atoms with Gasteiger partial charge in [0.25, 0.3) is 0 Å². The van der Waals surface area contributed by atoms with E-state index in [1.54, 1.807) is 0 Å². The van der Waals surface area contributed by atoms with Gasteiger partial charge in [0.05, 0.1) is 0 Å². The highest BCUT2D eigenvalue weighted by molar-refractivity contribution is 14.1. The van der Waals surface area contributed by atoms with Gasteiger partial charge in [-0.25, -0.2) is 0 Å². The van der Waals surface area contributed by atoms with Crippen LogP contribution in [0.4, 0.5) is 0 Å². The van der Waals surface area contributed by atoms with E-state index in [1.165, 1.54) is 20.4 Å². The molecule has 1 aromatic heterocycles. The molecule has 0 radical (unpaired) electrons. The fourth-order valence-corrected chi connectivity index (χ4v) is 2.84. The lowest BCUT2D eigenvalue weighted by Gasteiger charge is -2.20. The molecular weight excluding hydrogens is 359 g/mol. The van der Waals surface area contributed by atoms with Crippen molar-refractivity contribution in [2.45, 2.75) is 32.7 Å². The SMILES string of the molecule is CCCNC(Cc1ncccc1C)c1cccc(I)c1. The van der Waals surface area contributed by atoms with Crippen molar-refractivity contribution < 1.29 is 0 Å². The van der Waals surface area contributed by atoms with Gasteiger partial charge in [-0.1, -0.05) is 25.1 Å². The standard InChI is InChI=1S/C17H21IN2/c1-3-9-19-17(14-7-4-8-15(18)11-14)12-16-13(2)6-5-10-20-16/h4-8,10-11,17,19H,3,9,12H2,1-2H3. The summed E-state index contributed by atoms with van der Waals surface area (Å²) in [7, 11) is 0. The third-order valence-corrected chi connectivity index (χ3v) is 4.08. The number of hydrogen-bond acceptors (Lipinski definition) is 2. The molecule has 2 aromatic rings. The number of pyridine rings is 1. The molecule has 0 amide bonds. The van der Waals surface area contributed by atoms with E-state index in [0.29, 0.717) is 6.04 Å². The van der Waals surface area contributed by atoms with Crippen LogP contribution in [0, 0.1) is 10.5 Å². The van der Waals surface area contributed by atoms with Crippen LogP contribution in [0.1, 0.15) is 36.2 Å². The Labute approximate surface area is 135 Å². The lowest BCUT2D eigenvalue weighted by Crippen LogP contribution is -2.24. The smallest absolute Gasteiger partial charge is 0.0451 e. The van der Waals surface area contributed by atoms with Crippen LogP contribution in [-0.2, 0) is 6.42 Å². The van der Waals surface area contributed by atoms with E-state index in [-0.39, 0.29) is 0 Å². The molecule has 0 aliphatic heterocycles. The third kappa shape index (κ3) is 4.28. The van der Waals surface area contributed by atoms with Crippen molar-refractivity contribution >= 4 is 22.6 Å². The maximum Gasteiger partial charge on any atom is 0.0451 e. The first-order valence-electron chi connectivity index (χ1n) is 7.10. The van der Waals surface area contributed by atoms with Gasteiger partial charge in [0.2, 0.25) is 0 Å². The maximum atomic E-state index is 4.53. The number of halogens is 1. The molecule has 0 aliphatic carbocycles. The summed E-state index contributed by atoms with van der Waals surface area (Å²) in [6.07, 6.45) is 3.96. The Morgan fingerprint density at radius 3 is 2.80 bits per heavy atom. The summed E-state index contributed by atoms with van der Waals surface area (Å²) in [6, 6.07) is 13.2. The minimum Gasteiger partial charge on any atom is -0.310 e. The second-order valence-electron chi connectivity index (χ2n) is 5.03. The average Bonchev–Trinajstić information content (AvgIpc) is 2.45. The monoisotopic (exact) mass is 380 g/mol. The van der Waals surface area contributed by atoms with Crippen molar-refractivity contribution in [1.29, 1.82) is 0 Å². The molecule has 1 aromatic carbocycles. The van der Waals surface area contributed by atoms with E-state index < -0.39 is 0 Å². The molecular formula is C17H21IN2. The van der Waals surface area contributed by atoms with Gasteiger partial charge < -0.3 is 5.32 Å². The van der Waals surface area contributed by atoms with E-state index in [4.69, 9.17) is 0 Å². The molecule has 0 saturated heterocycles. The highest BCUT2D eigenvalue weighted by Crippen LogP contribution is 2.21. The number of nitrogens with zero attached hydrogens (tertiary/aromatic N) is 1. The normalized spacial score (nSPS) is 12.3. The van der Waals surface area contributed by atoms with Gasteiger partial charge in [0, 0.05) is 27.9 Å². The van der Waals surface area contributed by atoms with Gasteiger partial charge in [-0.15, -0.1) is 0 Å². The van der Waals surface area contributed by atoms with Crippen LogP contribution in [0.2, 0.25) is 0 Å². The fraction of sp³-hybridized carbons (Fsp3) is 0.353. The van der Waals surface area contributed by atoms with E-state index in [0.717, 1.165) is 19.4 Å². The predicted molar refractivity (Wildman–Crippen MR) is 92.9 cm³/mol. The number of benzene rings is 1. The van der Waals surface area contributed by atoms with Crippen molar-refractivity contribution in [2.24, 2.45) is 0 Å². The fourth-order valence-electron chi connectivity index (χ4n) is 2.28. The number of aryl methyl sites for hydroxylation is 1. The van der Waals surface area contributed by atoms with Crippen LogP contribution >= 0.6 is 22.6 Å². The van der Waals surface area contributed by atoms with Gasteiger partial charge in [-0.3, -0.25) is 4.98 Å². The topological polar surface area (TPSA) is 24.9 Å². The Bertz CT molecular complexity index is 554. The zero-order valence-electron chi connectivity index (χ0n) is 12.1. The lowest BCUT2D eigenvalue weighted by molar-refractivity contribution is 0.523. The van der Waals surface area contributed by atoms with Gasteiger partial charge in [-0.05, 0) is 71.8 Å². The van der Waals surface area contributed by atoms with E-state index in [2.05, 4.69) is 77.1 Å². The zero-order valence-corrected chi connectivity index (χ0v) is 14.2. The molecule has 2 rings (SSSR count). The molecule has 0 fully saturated rings.